The third kappa shape index (κ3) is 7.88. The molecule has 4 amide bonds. The van der Waals surface area contributed by atoms with Gasteiger partial charge in [-0.3, -0.25) is 24.0 Å². The molecule has 0 aromatic heterocycles. The summed E-state index contributed by atoms with van der Waals surface area (Å²) >= 11 is 6.25. The third-order valence-electron chi connectivity index (χ3n) is 10.1. The van der Waals surface area contributed by atoms with E-state index in [4.69, 9.17) is 16.4 Å². The van der Waals surface area contributed by atoms with Gasteiger partial charge in [0, 0.05) is 35.4 Å². The molecule has 2 aliphatic heterocycles. The first kappa shape index (κ1) is 35.6. The van der Waals surface area contributed by atoms with Gasteiger partial charge < -0.3 is 25.7 Å². The number of nitrogens with one attached hydrogen (secondary N) is 3. The standard InChI is InChI=1S/C38H46ClN5O6/c1-5-10-28(31(45)35(48)40-25-15-16-25)41-34(47)30-20-38(19-29(43-50-38)23-13-9-14-24(39)17-23)21-44(30)36(49)32(37(2,3)4)42-33(46)27-18-26(27)22-11-7-6-8-12-22/h6-9,11-14,17,25-28,30,32H,5,10,15-16,18-21H2,1-4H3,(H,40,48)(H,41,47)(H,42,46)/t26-,27+,28+,30+,32-,38-/m1/s1. The zero-order valence-corrected chi connectivity index (χ0v) is 29.8. The highest BCUT2D eigenvalue weighted by Gasteiger charge is 2.56. The van der Waals surface area contributed by atoms with E-state index in [2.05, 4.69) is 21.1 Å². The molecule has 2 aromatic rings. The average molecular weight is 704 g/mol. The summed E-state index contributed by atoms with van der Waals surface area (Å²) in [5.74, 6) is -2.80. The molecule has 2 saturated carbocycles. The van der Waals surface area contributed by atoms with Crippen LogP contribution in [0.5, 0.6) is 0 Å². The lowest BCUT2D eigenvalue weighted by atomic mass is 9.85. The molecule has 12 heteroatoms. The number of carbonyl (C=O) groups excluding carboxylic acids is 5. The fourth-order valence-corrected chi connectivity index (χ4v) is 7.23. The van der Waals surface area contributed by atoms with E-state index in [0.717, 1.165) is 24.0 Å². The van der Waals surface area contributed by atoms with Crippen molar-refractivity contribution < 1.29 is 28.8 Å². The minimum atomic E-state index is -1.05. The minimum absolute atomic E-state index is 0.0106. The predicted molar refractivity (Wildman–Crippen MR) is 188 cm³/mol. The molecule has 0 bridgehead atoms. The molecular weight excluding hydrogens is 658 g/mol. The van der Waals surface area contributed by atoms with Crippen molar-refractivity contribution in [3.63, 3.8) is 0 Å². The van der Waals surface area contributed by atoms with Crippen LogP contribution in [0.15, 0.2) is 59.8 Å². The number of carbonyl (C=O) groups is 5. The lowest BCUT2D eigenvalue weighted by Gasteiger charge is -2.35. The number of halogens is 1. The number of ketones is 1. The quantitative estimate of drug-likeness (QED) is 0.282. The van der Waals surface area contributed by atoms with Crippen molar-refractivity contribution in [2.75, 3.05) is 6.54 Å². The molecule has 11 nitrogen and oxygen atoms in total. The summed E-state index contributed by atoms with van der Waals surface area (Å²) in [5.41, 5.74) is 0.761. The van der Waals surface area contributed by atoms with Gasteiger partial charge in [-0.2, -0.15) is 0 Å². The SMILES string of the molecule is CCC[C@H](NC(=O)[C@@H]1C[C@]2(CC(c3cccc(Cl)c3)=NO2)CN1C(=O)[C@@H](NC(=O)[C@H]1C[C@@H]1c1ccccc1)C(C)(C)C)C(=O)C(=O)NC1CC1. The number of benzene rings is 2. The molecule has 1 saturated heterocycles. The Labute approximate surface area is 297 Å². The van der Waals surface area contributed by atoms with Crippen LogP contribution in [0.25, 0.3) is 0 Å². The molecule has 6 rings (SSSR count). The van der Waals surface area contributed by atoms with Gasteiger partial charge >= 0.3 is 0 Å². The van der Waals surface area contributed by atoms with Gasteiger partial charge in [0.15, 0.2) is 5.60 Å². The Hall–Kier alpha value is -4.25. The molecule has 2 heterocycles. The van der Waals surface area contributed by atoms with Crippen LogP contribution in [-0.2, 0) is 28.8 Å². The van der Waals surface area contributed by atoms with Gasteiger partial charge in [-0.15, -0.1) is 0 Å². The van der Waals surface area contributed by atoms with Gasteiger partial charge in [-0.05, 0) is 54.7 Å². The Morgan fingerprint density at radius 2 is 1.76 bits per heavy atom. The molecule has 4 aliphatic rings. The maximum atomic E-state index is 14.6. The van der Waals surface area contributed by atoms with Gasteiger partial charge in [-0.25, -0.2) is 0 Å². The van der Waals surface area contributed by atoms with Gasteiger partial charge in [0.05, 0.1) is 18.3 Å². The number of rotatable bonds is 12. The Morgan fingerprint density at radius 1 is 1.02 bits per heavy atom. The van der Waals surface area contributed by atoms with E-state index >= 15 is 0 Å². The zero-order chi connectivity index (χ0) is 35.8. The van der Waals surface area contributed by atoms with E-state index < -0.39 is 52.6 Å². The molecule has 3 fully saturated rings. The Kier molecular flexibility index (Phi) is 10.1. The molecule has 6 atom stereocenters. The van der Waals surface area contributed by atoms with Crippen molar-refractivity contribution in [1.29, 1.82) is 0 Å². The number of Topliss-reactive ketones (excluding diaryl/α,β-unsaturated/α-hetero) is 1. The summed E-state index contributed by atoms with van der Waals surface area (Å²) in [6.45, 7) is 7.52. The second-order valence-electron chi connectivity index (χ2n) is 15.3. The van der Waals surface area contributed by atoms with Crippen molar-refractivity contribution in [1.82, 2.24) is 20.9 Å². The first-order chi connectivity index (χ1) is 23.8. The third-order valence-corrected chi connectivity index (χ3v) is 10.3. The van der Waals surface area contributed by atoms with Crippen LogP contribution in [-0.4, -0.2) is 76.3 Å². The van der Waals surface area contributed by atoms with Gasteiger partial charge in [0.2, 0.25) is 23.5 Å². The van der Waals surface area contributed by atoms with Crippen LogP contribution in [0.3, 0.4) is 0 Å². The number of nitrogens with zero attached hydrogens (tertiary/aromatic N) is 2. The van der Waals surface area contributed by atoms with E-state index in [1.165, 1.54) is 4.90 Å². The Balaban J connectivity index is 1.24. The van der Waals surface area contributed by atoms with Crippen LogP contribution < -0.4 is 16.0 Å². The van der Waals surface area contributed by atoms with Crippen molar-refractivity contribution in [3.8, 4) is 0 Å². The molecule has 3 N–H and O–H groups in total. The van der Waals surface area contributed by atoms with Crippen LogP contribution >= 0.6 is 11.6 Å². The molecule has 1 spiro atoms. The van der Waals surface area contributed by atoms with Gasteiger partial charge in [-0.1, -0.05) is 93.3 Å². The number of amides is 4. The largest absolute Gasteiger partial charge is 0.387 e. The molecule has 266 valence electrons. The molecule has 50 heavy (non-hydrogen) atoms. The summed E-state index contributed by atoms with van der Waals surface area (Å²) in [6.07, 6.45) is 3.56. The van der Waals surface area contributed by atoms with E-state index in [1.807, 2.05) is 70.2 Å². The van der Waals surface area contributed by atoms with Crippen LogP contribution in [0.2, 0.25) is 5.02 Å². The van der Waals surface area contributed by atoms with E-state index in [0.29, 0.717) is 30.0 Å². The minimum Gasteiger partial charge on any atom is -0.387 e. The highest BCUT2D eigenvalue weighted by atomic mass is 35.5. The van der Waals surface area contributed by atoms with Crippen LogP contribution in [0.1, 0.15) is 89.7 Å². The zero-order valence-electron chi connectivity index (χ0n) is 29.0. The van der Waals surface area contributed by atoms with Crippen molar-refractivity contribution in [2.45, 2.75) is 108 Å². The fraction of sp³-hybridized carbons (Fsp3) is 0.526. The summed E-state index contributed by atoms with van der Waals surface area (Å²) < 4.78 is 0. The predicted octanol–water partition coefficient (Wildman–Crippen LogP) is 4.27. The normalized spacial score (nSPS) is 25.3. The second kappa shape index (κ2) is 14.2. The van der Waals surface area contributed by atoms with E-state index in [1.54, 1.807) is 12.1 Å². The molecular formula is C38H46ClN5O6. The Morgan fingerprint density at radius 3 is 2.42 bits per heavy atom. The first-order valence-corrected chi connectivity index (χ1v) is 18.0. The average Bonchev–Trinajstić information content (AvgIpc) is 4.00. The van der Waals surface area contributed by atoms with Crippen LogP contribution in [0, 0.1) is 11.3 Å². The monoisotopic (exact) mass is 703 g/mol. The topological polar surface area (TPSA) is 146 Å². The smallest absolute Gasteiger partial charge is 0.289 e. The summed E-state index contributed by atoms with van der Waals surface area (Å²) in [4.78, 5) is 75.8. The summed E-state index contributed by atoms with van der Waals surface area (Å²) in [5, 5.41) is 13.5. The summed E-state index contributed by atoms with van der Waals surface area (Å²) in [6, 6.07) is 14.0. The van der Waals surface area contributed by atoms with E-state index in [9.17, 15) is 24.0 Å². The lowest BCUT2D eigenvalue weighted by Crippen LogP contribution is -2.59. The van der Waals surface area contributed by atoms with Gasteiger partial charge in [0.1, 0.15) is 12.1 Å². The first-order valence-electron chi connectivity index (χ1n) is 17.6. The number of oxime groups is 1. The lowest BCUT2D eigenvalue weighted by molar-refractivity contribution is -0.145. The van der Waals surface area contributed by atoms with Crippen LogP contribution in [0.4, 0.5) is 0 Å². The van der Waals surface area contributed by atoms with Crippen molar-refractivity contribution in [3.05, 3.63) is 70.7 Å². The highest BCUT2D eigenvalue weighted by molar-refractivity contribution is 6.38. The maximum Gasteiger partial charge on any atom is 0.289 e. The molecule has 0 unspecified atom stereocenters. The maximum absolute atomic E-state index is 14.6. The highest BCUT2D eigenvalue weighted by Crippen LogP contribution is 2.48. The number of hydrogen-bond donors (Lipinski definition) is 3. The molecule has 0 radical (unpaired) electrons. The second-order valence-corrected chi connectivity index (χ2v) is 15.8. The van der Waals surface area contributed by atoms with Gasteiger partial charge in [0.25, 0.3) is 5.91 Å². The van der Waals surface area contributed by atoms with Crippen molar-refractivity contribution in [2.24, 2.45) is 16.5 Å². The summed E-state index contributed by atoms with van der Waals surface area (Å²) in [7, 11) is 0. The molecule has 2 aromatic carbocycles. The molecule has 2 aliphatic carbocycles. The van der Waals surface area contributed by atoms with E-state index in [-0.39, 0.29) is 43.2 Å². The fourth-order valence-electron chi connectivity index (χ4n) is 7.04. The van der Waals surface area contributed by atoms with Crippen molar-refractivity contribution >= 4 is 46.7 Å². The number of hydrogen-bond acceptors (Lipinski definition) is 7. The number of likely N-dealkylation sites (tertiary alicyclic amines) is 1. The Bertz CT molecular complexity index is 1690.